The maximum Gasteiger partial charge on any atom is 0.336 e. The van der Waals surface area contributed by atoms with Gasteiger partial charge in [0.05, 0.1) is 24.6 Å². The van der Waals surface area contributed by atoms with Crippen molar-refractivity contribution < 1.29 is 19.4 Å². The number of hydrogen-bond donors (Lipinski definition) is 1. The highest BCUT2D eigenvalue weighted by Crippen LogP contribution is 2.32. The number of methoxy groups -OCH3 is 1. The predicted molar refractivity (Wildman–Crippen MR) is 123 cm³/mol. The largest absolute Gasteiger partial charge is 0.480 e. The van der Waals surface area contributed by atoms with Crippen molar-refractivity contribution in [3.63, 3.8) is 0 Å². The fraction of sp³-hybridized carbons (Fsp3) is 0.231. The van der Waals surface area contributed by atoms with Crippen LogP contribution in [0, 0.1) is 6.92 Å². The van der Waals surface area contributed by atoms with E-state index in [1.807, 2.05) is 60.0 Å². The minimum absolute atomic E-state index is 0.282. The molecule has 0 bridgehead atoms. The summed E-state index contributed by atoms with van der Waals surface area (Å²) < 4.78 is 13.6. The van der Waals surface area contributed by atoms with Gasteiger partial charge in [0.1, 0.15) is 11.8 Å². The molecule has 4 rings (SSSR count). The zero-order valence-electron chi connectivity index (χ0n) is 18.4. The average Bonchev–Trinajstić information content (AvgIpc) is 3.26. The molecule has 0 fully saturated rings. The number of hydrogen-bond acceptors (Lipinski definition) is 4. The lowest BCUT2D eigenvalue weighted by atomic mass is 9.97. The third-order valence-corrected chi connectivity index (χ3v) is 5.47. The molecule has 0 aliphatic rings. The molecule has 0 radical (unpaired) electrons. The van der Waals surface area contributed by atoms with Gasteiger partial charge in [-0.15, -0.1) is 0 Å². The van der Waals surface area contributed by atoms with E-state index in [0.717, 1.165) is 34.5 Å². The lowest BCUT2D eigenvalue weighted by molar-refractivity contribution is 0.0697. The van der Waals surface area contributed by atoms with Crippen LogP contribution in [0.5, 0.6) is 5.88 Å². The van der Waals surface area contributed by atoms with Crippen molar-refractivity contribution in [2.45, 2.75) is 26.4 Å². The predicted octanol–water partition coefficient (Wildman–Crippen LogP) is 5.53. The van der Waals surface area contributed by atoms with Crippen molar-refractivity contribution in [2.75, 3.05) is 13.7 Å². The smallest absolute Gasteiger partial charge is 0.336 e. The van der Waals surface area contributed by atoms with Gasteiger partial charge in [0.25, 0.3) is 0 Å². The Morgan fingerprint density at radius 3 is 2.53 bits per heavy atom. The summed E-state index contributed by atoms with van der Waals surface area (Å²) in [7, 11) is 1.61. The maximum atomic E-state index is 11.6. The van der Waals surface area contributed by atoms with E-state index < -0.39 is 5.97 Å². The van der Waals surface area contributed by atoms with E-state index in [9.17, 15) is 9.90 Å². The van der Waals surface area contributed by atoms with Gasteiger partial charge in [-0.3, -0.25) is 4.40 Å². The molecule has 0 amide bonds. The van der Waals surface area contributed by atoms with E-state index in [1.54, 1.807) is 19.2 Å². The van der Waals surface area contributed by atoms with Crippen molar-refractivity contribution in [3.05, 3.63) is 89.2 Å². The minimum atomic E-state index is -0.940. The number of aromatic carboxylic acids is 1. The van der Waals surface area contributed by atoms with Gasteiger partial charge in [-0.1, -0.05) is 55.5 Å². The zero-order chi connectivity index (χ0) is 22.7. The number of aromatic nitrogens is 2. The van der Waals surface area contributed by atoms with Gasteiger partial charge in [-0.05, 0) is 47.7 Å². The van der Waals surface area contributed by atoms with Crippen molar-refractivity contribution >= 4 is 11.6 Å². The van der Waals surface area contributed by atoms with Gasteiger partial charge in [0, 0.05) is 6.61 Å². The fourth-order valence-electron chi connectivity index (χ4n) is 3.86. The monoisotopic (exact) mass is 430 g/mol. The molecule has 0 aliphatic heterocycles. The van der Waals surface area contributed by atoms with Crippen LogP contribution in [0.4, 0.5) is 0 Å². The minimum Gasteiger partial charge on any atom is -0.480 e. The summed E-state index contributed by atoms with van der Waals surface area (Å²) in [5.74, 6) is -0.389. The zero-order valence-corrected chi connectivity index (χ0v) is 18.4. The Labute approximate surface area is 187 Å². The van der Waals surface area contributed by atoms with Crippen molar-refractivity contribution in [1.82, 2.24) is 9.38 Å². The number of ether oxygens (including phenoxy) is 2. The summed E-state index contributed by atoms with van der Waals surface area (Å²) in [5.41, 5.74) is 5.63. The third-order valence-electron chi connectivity index (χ3n) is 5.47. The molecular weight excluding hydrogens is 404 g/mol. The molecular formula is C26H26N2O4. The number of imidazole rings is 1. The second-order valence-electron chi connectivity index (χ2n) is 7.64. The standard InChI is InChI=1S/C26H26N2O4/c1-4-15-32-24(22-14-9-17(2)25-27-23(31-3)16-28(22)25)19-12-10-18(11-13-19)20-7-5-6-8-21(20)26(29)30/h5-14,16,24H,4,15H2,1-3H3,(H,29,30)/t24-/m1/s1. The van der Waals surface area contributed by atoms with Crippen LogP contribution in [0.25, 0.3) is 16.8 Å². The topological polar surface area (TPSA) is 73.1 Å². The first-order valence-corrected chi connectivity index (χ1v) is 10.6. The summed E-state index contributed by atoms with van der Waals surface area (Å²) in [6.07, 6.45) is 2.46. The number of pyridine rings is 1. The van der Waals surface area contributed by atoms with E-state index in [2.05, 4.69) is 18.0 Å². The SMILES string of the molecule is CCCO[C@H](c1ccc(-c2ccccc2C(=O)O)cc1)c1ccc(C)c2nc(OC)cn12. The maximum absolute atomic E-state index is 11.6. The Hall–Kier alpha value is -3.64. The first-order valence-electron chi connectivity index (χ1n) is 10.6. The molecule has 0 saturated heterocycles. The molecule has 6 nitrogen and oxygen atoms in total. The number of aryl methyl sites for hydroxylation is 1. The van der Waals surface area contributed by atoms with Crippen molar-refractivity contribution in [1.29, 1.82) is 0 Å². The van der Waals surface area contributed by atoms with Crippen LogP contribution in [0.15, 0.2) is 66.9 Å². The van der Waals surface area contributed by atoms with Gasteiger partial charge >= 0.3 is 5.97 Å². The highest BCUT2D eigenvalue weighted by molar-refractivity contribution is 5.96. The molecule has 0 unspecified atom stereocenters. The summed E-state index contributed by atoms with van der Waals surface area (Å²) >= 11 is 0. The normalized spacial score (nSPS) is 12.1. The van der Waals surface area contributed by atoms with E-state index in [-0.39, 0.29) is 11.7 Å². The number of carboxylic acids is 1. The van der Waals surface area contributed by atoms with E-state index in [1.165, 1.54) is 0 Å². The van der Waals surface area contributed by atoms with Crippen LogP contribution in [-0.4, -0.2) is 34.2 Å². The molecule has 2 aromatic carbocycles. The molecule has 1 N–H and O–H groups in total. The highest BCUT2D eigenvalue weighted by Gasteiger charge is 2.20. The lowest BCUT2D eigenvalue weighted by Gasteiger charge is -2.21. The highest BCUT2D eigenvalue weighted by atomic mass is 16.5. The number of carbonyl (C=O) groups is 1. The number of rotatable bonds is 8. The van der Waals surface area contributed by atoms with E-state index in [4.69, 9.17) is 9.47 Å². The number of fused-ring (bicyclic) bond motifs is 1. The molecule has 0 saturated carbocycles. The molecule has 1 atom stereocenters. The van der Waals surface area contributed by atoms with Crippen LogP contribution < -0.4 is 4.74 Å². The van der Waals surface area contributed by atoms with Gasteiger partial charge < -0.3 is 14.6 Å². The first kappa shape index (κ1) is 21.6. The molecule has 32 heavy (non-hydrogen) atoms. The second-order valence-corrected chi connectivity index (χ2v) is 7.64. The Morgan fingerprint density at radius 1 is 1.09 bits per heavy atom. The van der Waals surface area contributed by atoms with Crippen molar-refractivity contribution in [3.8, 4) is 17.0 Å². The molecule has 0 spiro atoms. The van der Waals surface area contributed by atoms with Crippen LogP contribution in [0.3, 0.4) is 0 Å². The number of nitrogens with zero attached hydrogens (tertiary/aromatic N) is 2. The molecule has 2 heterocycles. The van der Waals surface area contributed by atoms with Crippen LogP contribution in [0.1, 0.15) is 46.6 Å². The summed E-state index contributed by atoms with van der Waals surface area (Å²) in [6.45, 7) is 4.70. The van der Waals surface area contributed by atoms with Crippen LogP contribution in [-0.2, 0) is 4.74 Å². The van der Waals surface area contributed by atoms with Gasteiger partial charge in [0.2, 0.25) is 5.88 Å². The quantitative estimate of drug-likeness (QED) is 0.398. The molecule has 4 aromatic rings. The molecule has 0 aliphatic carbocycles. The average molecular weight is 431 g/mol. The van der Waals surface area contributed by atoms with Gasteiger partial charge in [-0.25, -0.2) is 4.79 Å². The third kappa shape index (κ3) is 4.09. The van der Waals surface area contributed by atoms with Crippen LogP contribution in [0.2, 0.25) is 0 Å². The Morgan fingerprint density at radius 2 is 1.84 bits per heavy atom. The Balaban J connectivity index is 1.77. The second kappa shape index (κ2) is 9.24. The summed E-state index contributed by atoms with van der Waals surface area (Å²) in [5, 5.41) is 9.52. The van der Waals surface area contributed by atoms with E-state index in [0.29, 0.717) is 18.1 Å². The molecule has 6 heteroatoms. The molecule has 164 valence electrons. The Kier molecular flexibility index (Phi) is 6.23. The first-order chi connectivity index (χ1) is 15.5. The Bertz CT molecular complexity index is 1240. The van der Waals surface area contributed by atoms with Gasteiger partial charge in [0.15, 0.2) is 0 Å². The van der Waals surface area contributed by atoms with Crippen LogP contribution >= 0.6 is 0 Å². The lowest BCUT2D eigenvalue weighted by Crippen LogP contribution is -2.11. The summed E-state index contributed by atoms with van der Waals surface area (Å²) in [6, 6.07) is 19.0. The molecule has 2 aromatic heterocycles. The number of carboxylic acid groups (broad SMARTS) is 1. The summed E-state index contributed by atoms with van der Waals surface area (Å²) in [4.78, 5) is 16.2. The number of benzene rings is 2. The van der Waals surface area contributed by atoms with E-state index >= 15 is 0 Å². The van der Waals surface area contributed by atoms with Gasteiger partial charge in [-0.2, -0.15) is 4.98 Å². The van der Waals surface area contributed by atoms with Crippen molar-refractivity contribution in [2.24, 2.45) is 0 Å². The fourth-order valence-corrected chi connectivity index (χ4v) is 3.86.